The zero-order valence-electron chi connectivity index (χ0n) is 12.2. The molecule has 4 heteroatoms. The predicted molar refractivity (Wildman–Crippen MR) is 82.8 cm³/mol. The third-order valence-corrected chi connectivity index (χ3v) is 3.86. The predicted octanol–water partition coefficient (Wildman–Crippen LogP) is 2.14. The van der Waals surface area contributed by atoms with E-state index < -0.39 is 0 Å². The average Bonchev–Trinajstić information content (AvgIpc) is 2.48. The average molecular weight is 275 g/mol. The summed E-state index contributed by atoms with van der Waals surface area (Å²) in [7, 11) is 0. The van der Waals surface area contributed by atoms with E-state index in [-0.39, 0.29) is 11.4 Å². The van der Waals surface area contributed by atoms with Gasteiger partial charge in [0.1, 0.15) is 0 Å². The number of nitrogens with one attached hydrogen (secondary N) is 3. The van der Waals surface area contributed by atoms with Crippen LogP contribution >= 0.6 is 0 Å². The minimum absolute atomic E-state index is 0.136. The maximum absolute atomic E-state index is 12.2. The fourth-order valence-corrected chi connectivity index (χ4v) is 2.52. The molecule has 20 heavy (non-hydrogen) atoms. The molecule has 1 aromatic carbocycles. The summed E-state index contributed by atoms with van der Waals surface area (Å²) in [6.45, 7) is 4.54. The summed E-state index contributed by atoms with van der Waals surface area (Å²) in [5, 5.41) is 9.71. The first kappa shape index (κ1) is 14.9. The molecule has 1 aromatic rings. The first-order valence-electron chi connectivity index (χ1n) is 7.53. The van der Waals surface area contributed by atoms with Gasteiger partial charge in [-0.2, -0.15) is 0 Å². The van der Waals surface area contributed by atoms with E-state index in [1.54, 1.807) is 0 Å². The second-order valence-electron chi connectivity index (χ2n) is 5.62. The smallest absolute Gasteiger partial charge is 0.240 e. The lowest BCUT2D eigenvalue weighted by Crippen LogP contribution is -2.57. The molecule has 1 amide bonds. The molecule has 2 rings (SSSR count). The number of rotatable bonds is 6. The Balaban J connectivity index is 1.62. The molecule has 3 N–H and O–H groups in total. The second-order valence-corrected chi connectivity index (χ2v) is 5.62. The summed E-state index contributed by atoms with van der Waals surface area (Å²) in [5.74, 6) is 0.136. The Morgan fingerprint density at radius 3 is 2.75 bits per heavy atom. The number of amides is 1. The Morgan fingerprint density at radius 1 is 1.25 bits per heavy atom. The SMILES string of the molecule is CC1(C(=O)NCCCNc2ccccc2)CCCCN1. The molecule has 110 valence electrons. The van der Waals surface area contributed by atoms with Gasteiger partial charge in [0.2, 0.25) is 5.91 Å². The van der Waals surface area contributed by atoms with Gasteiger partial charge >= 0.3 is 0 Å². The zero-order valence-corrected chi connectivity index (χ0v) is 12.2. The van der Waals surface area contributed by atoms with Crippen LogP contribution in [-0.4, -0.2) is 31.1 Å². The van der Waals surface area contributed by atoms with Crippen molar-refractivity contribution >= 4 is 11.6 Å². The first-order chi connectivity index (χ1) is 9.71. The Hall–Kier alpha value is -1.55. The van der Waals surface area contributed by atoms with Crippen molar-refractivity contribution in [1.29, 1.82) is 0 Å². The number of hydrogen-bond acceptors (Lipinski definition) is 3. The minimum atomic E-state index is -0.370. The highest BCUT2D eigenvalue weighted by Gasteiger charge is 2.33. The van der Waals surface area contributed by atoms with E-state index in [0.29, 0.717) is 0 Å². The van der Waals surface area contributed by atoms with Gasteiger partial charge < -0.3 is 16.0 Å². The van der Waals surface area contributed by atoms with Gasteiger partial charge in [-0.3, -0.25) is 4.79 Å². The molecule has 0 radical (unpaired) electrons. The summed E-state index contributed by atoms with van der Waals surface area (Å²) < 4.78 is 0. The first-order valence-corrected chi connectivity index (χ1v) is 7.53. The Bertz CT molecular complexity index is 413. The molecule has 0 bridgehead atoms. The van der Waals surface area contributed by atoms with Crippen LogP contribution in [-0.2, 0) is 4.79 Å². The van der Waals surface area contributed by atoms with Gasteiger partial charge in [-0.1, -0.05) is 18.2 Å². The minimum Gasteiger partial charge on any atom is -0.385 e. The van der Waals surface area contributed by atoms with E-state index in [0.717, 1.165) is 44.6 Å². The Labute approximate surface area is 121 Å². The van der Waals surface area contributed by atoms with E-state index in [2.05, 4.69) is 16.0 Å². The normalized spacial score (nSPS) is 22.2. The molecule has 1 aliphatic heterocycles. The van der Waals surface area contributed by atoms with Crippen LogP contribution in [0.2, 0.25) is 0 Å². The summed E-state index contributed by atoms with van der Waals surface area (Å²) in [5.41, 5.74) is 0.755. The summed E-state index contributed by atoms with van der Waals surface area (Å²) in [6, 6.07) is 10.1. The molecule has 1 atom stereocenters. The maximum Gasteiger partial charge on any atom is 0.240 e. The van der Waals surface area contributed by atoms with Crippen molar-refractivity contribution in [3.05, 3.63) is 30.3 Å². The van der Waals surface area contributed by atoms with Crippen LogP contribution in [0.5, 0.6) is 0 Å². The molecule has 0 saturated carbocycles. The van der Waals surface area contributed by atoms with Gasteiger partial charge in [0, 0.05) is 18.8 Å². The number of hydrogen-bond donors (Lipinski definition) is 3. The largest absolute Gasteiger partial charge is 0.385 e. The number of carbonyl (C=O) groups excluding carboxylic acids is 1. The van der Waals surface area contributed by atoms with Crippen molar-refractivity contribution in [3.63, 3.8) is 0 Å². The second kappa shape index (κ2) is 7.29. The van der Waals surface area contributed by atoms with E-state index in [1.807, 2.05) is 37.3 Å². The van der Waals surface area contributed by atoms with Gasteiger partial charge in [0.05, 0.1) is 5.54 Å². The summed E-state index contributed by atoms with van der Waals surface area (Å²) in [4.78, 5) is 12.2. The molecule has 1 heterocycles. The Kier molecular flexibility index (Phi) is 5.41. The third kappa shape index (κ3) is 4.23. The van der Waals surface area contributed by atoms with E-state index in [1.165, 1.54) is 6.42 Å². The van der Waals surface area contributed by atoms with Crippen LogP contribution in [0.4, 0.5) is 5.69 Å². The van der Waals surface area contributed by atoms with Crippen molar-refractivity contribution in [2.45, 2.75) is 38.1 Å². The highest BCUT2D eigenvalue weighted by Crippen LogP contribution is 2.18. The van der Waals surface area contributed by atoms with E-state index >= 15 is 0 Å². The highest BCUT2D eigenvalue weighted by molar-refractivity contribution is 5.85. The lowest BCUT2D eigenvalue weighted by atomic mass is 9.90. The highest BCUT2D eigenvalue weighted by atomic mass is 16.2. The molecule has 0 aliphatic carbocycles. The lowest BCUT2D eigenvalue weighted by molar-refractivity contribution is -0.127. The standard InChI is InChI=1S/C16H25N3O/c1-16(10-5-6-13-19-16)15(20)18-12-7-11-17-14-8-3-2-4-9-14/h2-4,8-9,17,19H,5-7,10-13H2,1H3,(H,18,20). The van der Waals surface area contributed by atoms with Crippen molar-refractivity contribution < 1.29 is 4.79 Å². The number of para-hydroxylation sites is 1. The van der Waals surface area contributed by atoms with Crippen molar-refractivity contribution in [3.8, 4) is 0 Å². The monoisotopic (exact) mass is 275 g/mol. The zero-order chi connectivity index (χ0) is 14.3. The molecule has 0 spiro atoms. The van der Waals surface area contributed by atoms with Crippen LogP contribution in [0.1, 0.15) is 32.6 Å². The van der Waals surface area contributed by atoms with Crippen LogP contribution in [0, 0.1) is 0 Å². The quantitative estimate of drug-likeness (QED) is 0.697. The van der Waals surface area contributed by atoms with Gasteiger partial charge in [-0.05, 0) is 51.3 Å². The molecule has 1 saturated heterocycles. The van der Waals surface area contributed by atoms with Crippen molar-refractivity contribution in [1.82, 2.24) is 10.6 Å². The van der Waals surface area contributed by atoms with Crippen LogP contribution in [0.3, 0.4) is 0 Å². The van der Waals surface area contributed by atoms with Gasteiger partial charge in [-0.15, -0.1) is 0 Å². The van der Waals surface area contributed by atoms with Crippen LogP contribution in [0.25, 0.3) is 0 Å². The lowest BCUT2D eigenvalue weighted by Gasteiger charge is -2.33. The topological polar surface area (TPSA) is 53.2 Å². The van der Waals surface area contributed by atoms with Crippen LogP contribution < -0.4 is 16.0 Å². The molecule has 1 aliphatic rings. The van der Waals surface area contributed by atoms with Gasteiger partial charge in [-0.25, -0.2) is 0 Å². The Morgan fingerprint density at radius 2 is 2.05 bits per heavy atom. The molecule has 0 aromatic heterocycles. The fourth-order valence-electron chi connectivity index (χ4n) is 2.52. The molecular formula is C16H25N3O. The van der Waals surface area contributed by atoms with E-state index in [4.69, 9.17) is 0 Å². The molecule has 1 fully saturated rings. The summed E-state index contributed by atoms with van der Waals surface area (Å²) in [6.07, 6.45) is 4.16. The number of carbonyl (C=O) groups is 1. The number of anilines is 1. The van der Waals surface area contributed by atoms with Gasteiger partial charge in [0.15, 0.2) is 0 Å². The maximum atomic E-state index is 12.2. The number of piperidine rings is 1. The molecule has 1 unspecified atom stereocenters. The van der Waals surface area contributed by atoms with Crippen LogP contribution in [0.15, 0.2) is 30.3 Å². The summed E-state index contributed by atoms with van der Waals surface area (Å²) >= 11 is 0. The third-order valence-electron chi connectivity index (χ3n) is 3.86. The molecular weight excluding hydrogens is 250 g/mol. The molecule has 4 nitrogen and oxygen atoms in total. The fraction of sp³-hybridized carbons (Fsp3) is 0.562. The van der Waals surface area contributed by atoms with Crippen molar-refractivity contribution in [2.75, 3.05) is 25.0 Å². The number of benzene rings is 1. The van der Waals surface area contributed by atoms with E-state index in [9.17, 15) is 4.79 Å². The van der Waals surface area contributed by atoms with Gasteiger partial charge in [0.25, 0.3) is 0 Å². The van der Waals surface area contributed by atoms with Crippen molar-refractivity contribution in [2.24, 2.45) is 0 Å².